The van der Waals surface area contributed by atoms with Crippen LogP contribution in [0.4, 0.5) is 0 Å². The van der Waals surface area contributed by atoms with Gasteiger partial charge in [-0.3, -0.25) is 4.98 Å². The maximum absolute atomic E-state index is 11.1. The fourth-order valence-electron chi connectivity index (χ4n) is 1.03. The standard InChI is InChI=1S/C11H13NO2/c1-3-14-11(13)8-9(2)10-6-4-5-7-12-10/h4-8H,3H2,1-2H3. The Morgan fingerprint density at radius 1 is 1.57 bits per heavy atom. The SMILES string of the molecule is CCOC(=O)C=C(C)c1ccccn1. The van der Waals surface area contributed by atoms with E-state index in [4.69, 9.17) is 4.74 Å². The van der Waals surface area contributed by atoms with Crippen LogP contribution in [0.25, 0.3) is 5.57 Å². The van der Waals surface area contributed by atoms with Crippen LogP contribution in [0.15, 0.2) is 30.5 Å². The van der Waals surface area contributed by atoms with Crippen LogP contribution < -0.4 is 0 Å². The molecule has 1 heterocycles. The predicted octanol–water partition coefficient (Wildman–Crippen LogP) is 2.05. The Balaban J connectivity index is 2.75. The van der Waals surface area contributed by atoms with Crippen molar-refractivity contribution in [3.8, 4) is 0 Å². The molecule has 0 fully saturated rings. The lowest BCUT2D eigenvalue weighted by Gasteiger charge is -2.00. The average Bonchev–Trinajstić information content (AvgIpc) is 2.19. The van der Waals surface area contributed by atoms with Crippen molar-refractivity contribution >= 4 is 11.5 Å². The van der Waals surface area contributed by atoms with E-state index in [-0.39, 0.29) is 5.97 Å². The van der Waals surface area contributed by atoms with Crippen LogP contribution in [-0.2, 0) is 9.53 Å². The Bertz CT molecular complexity index is 330. The van der Waals surface area contributed by atoms with E-state index in [1.807, 2.05) is 25.1 Å². The van der Waals surface area contributed by atoms with E-state index in [9.17, 15) is 4.79 Å². The second-order valence-electron chi connectivity index (χ2n) is 2.79. The third-order valence-electron chi connectivity index (χ3n) is 1.69. The van der Waals surface area contributed by atoms with Gasteiger partial charge in [0.1, 0.15) is 0 Å². The van der Waals surface area contributed by atoms with Crippen molar-refractivity contribution < 1.29 is 9.53 Å². The van der Waals surface area contributed by atoms with Crippen molar-refractivity contribution in [1.29, 1.82) is 0 Å². The maximum atomic E-state index is 11.1. The minimum atomic E-state index is -0.323. The van der Waals surface area contributed by atoms with E-state index in [1.54, 1.807) is 13.1 Å². The third kappa shape index (κ3) is 3.01. The van der Waals surface area contributed by atoms with Gasteiger partial charge in [0.25, 0.3) is 0 Å². The quantitative estimate of drug-likeness (QED) is 0.542. The minimum absolute atomic E-state index is 0.323. The zero-order valence-corrected chi connectivity index (χ0v) is 8.36. The first-order valence-corrected chi connectivity index (χ1v) is 4.50. The molecule has 3 nitrogen and oxygen atoms in total. The fourth-order valence-corrected chi connectivity index (χ4v) is 1.03. The van der Waals surface area contributed by atoms with Crippen LogP contribution in [0.2, 0.25) is 0 Å². The summed E-state index contributed by atoms with van der Waals surface area (Å²) in [5.74, 6) is -0.323. The van der Waals surface area contributed by atoms with Gasteiger partial charge in [0, 0.05) is 12.3 Å². The van der Waals surface area contributed by atoms with E-state index in [1.165, 1.54) is 6.08 Å². The van der Waals surface area contributed by atoms with Gasteiger partial charge in [-0.05, 0) is 31.6 Å². The largest absolute Gasteiger partial charge is 0.463 e. The zero-order chi connectivity index (χ0) is 10.4. The highest BCUT2D eigenvalue weighted by Crippen LogP contribution is 2.09. The summed E-state index contributed by atoms with van der Waals surface area (Å²) >= 11 is 0. The van der Waals surface area contributed by atoms with Crippen LogP contribution >= 0.6 is 0 Å². The highest BCUT2D eigenvalue weighted by atomic mass is 16.5. The fraction of sp³-hybridized carbons (Fsp3) is 0.273. The maximum Gasteiger partial charge on any atom is 0.331 e. The Morgan fingerprint density at radius 3 is 2.93 bits per heavy atom. The second kappa shape index (κ2) is 5.17. The molecule has 0 aromatic carbocycles. The van der Waals surface area contributed by atoms with Crippen LogP contribution in [0.3, 0.4) is 0 Å². The number of nitrogens with zero attached hydrogens (tertiary/aromatic N) is 1. The van der Waals surface area contributed by atoms with Gasteiger partial charge in [0.05, 0.1) is 12.3 Å². The van der Waals surface area contributed by atoms with Gasteiger partial charge >= 0.3 is 5.97 Å². The van der Waals surface area contributed by atoms with E-state index >= 15 is 0 Å². The molecule has 0 bridgehead atoms. The molecular weight excluding hydrogens is 178 g/mol. The smallest absolute Gasteiger partial charge is 0.331 e. The number of hydrogen-bond donors (Lipinski definition) is 0. The Hall–Kier alpha value is -1.64. The second-order valence-corrected chi connectivity index (χ2v) is 2.79. The van der Waals surface area contributed by atoms with Crippen LogP contribution in [0.1, 0.15) is 19.5 Å². The number of carbonyl (C=O) groups excluding carboxylic acids is 1. The molecule has 0 unspecified atom stereocenters. The topological polar surface area (TPSA) is 39.2 Å². The van der Waals surface area contributed by atoms with Gasteiger partial charge in [0.2, 0.25) is 0 Å². The summed E-state index contributed by atoms with van der Waals surface area (Å²) in [6.07, 6.45) is 3.14. The molecule has 0 atom stereocenters. The summed E-state index contributed by atoms with van der Waals surface area (Å²) < 4.78 is 4.79. The molecular formula is C11H13NO2. The number of aromatic nitrogens is 1. The third-order valence-corrected chi connectivity index (χ3v) is 1.69. The molecule has 74 valence electrons. The molecule has 0 aliphatic rings. The van der Waals surface area contributed by atoms with E-state index < -0.39 is 0 Å². The highest BCUT2D eigenvalue weighted by Gasteiger charge is 2.00. The van der Waals surface area contributed by atoms with Crippen molar-refractivity contribution in [3.05, 3.63) is 36.2 Å². The number of allylic oxidation sites excluding steroid dienone is 1. The molecule has 0 aliphatic carbocycles. The van der Waals surface area contributed by atoms with Gasteiger partial charge in [-0.2, -0.15) is 0 Å². The minimum Gasteiger partial charge on any atom is -0.463 e. The number of pyridine rings is 1. The average molecular weight is 191 g/mol. The lowest BCUT2D eigenvalue weighted by Crippen LogP contribution is -2.00. The number of carbonyl (C=O) groups is 1. The molecule has 0 saturated heterocycles. The summed E-state index contributed by atoms with van der Waals surface area (Å²) in [5, 5.41) is 0. The van der Waals surface area contributed by atoms with E-state index in [0.717, 1.165) is 11.3 Å². The number of ether oxygens (including phenoxy) is 1. The van der Waals surface area contributed by atoms with Crippen LogP contribution in [0.5, 0.6) is 0 Å². The van der Waals surface area contributed by atoms with E-state index in [2.05, 4.69) is 4.98 Å². The summed E-state index contributed by atoms with van der Waals surface area (Å²) in [6.45, 7) is 4.01. The van der Waals surface area contributed by atoms with Gasteiger partial charge < -0.3 is 4.74 Å². The van der Waals surface area contributed by atoms with E-state index in [0.29, 0.717) is 6.61 Å². The Morgan fingerprint density at radius 2 is 2.36 bits per heavy atom. The van der Waals surface area contributed by atoms with Crippen molar-refractivity contribution in [3.63, 3.8) is 0 Å². The Labute approximate surface area is 83.4 Å². The zero-order valence-electron chi connectivity index (χ0n) is 8.36. The molecule has 0 saturated carbocycles. The first-order valence-electron chi connectivity index (χ1n) is 4.50. The Kier molecular flexibility index (Phi) is 3.85. The number of rotatable bonds is 3. The summed E-state index contributed by atoms with van der Waals surface area (Å²) in [4.78, 5) is 15.2. The van der Waals surface area contributed by atoms with Crippen molar-refractivity contribution in [2.24, 2.45) is 0 Å². The molecule has 0 spiro atoms. The van der Waals surface area contributed by atoms with Crippen molar-refractivity contribution in [2.45, 2.75) is 13.8 Å². The predicted molar refractivity (Wildman–Crippen MR) is 54.5 cm³/mol. The molecule has 1 aromatic heterocycles. The molecule has 0 radical (unpaired) electrons. The van der Waals surface area contributed by atoms with Gasteiger partial charge in [-0.15, -0.1) is 0 Å². The number of hydrogen-bond acceptors (Lipinski definition) is 3. The molecule has 1 aromatic rings. The highest BCUT2D eigenvalue weighted by molar-refractivity contribution is 5.90. The van der Waals surface area contributed by atoms with Gasteiger partial charge in [0.15, 0.2) is 0 Å². The monoisotopic (exact) mass is 191 g/mol. The molecule has 3 heteroatoms. The van der Waals surface area contributed by atoms with Crippen molar-refractivity contribution in [2.75, 3.05) is 6.61 Å². The summed E-state index contributed by atoms with van der Waals surface area (Å²) in [5.41, 5.74) is 1.60. The normalized spacial score (nSPS) is 11.1. The lowest BCUT2D eigenvalue weighted by molar-refractivity contribution is -0.137. The van der Waals surface area contributed by atoms with Crippen LogP contribution in [-0.4, -0.2) is 17.6 Å². The van der Waals surface area contributed by atoms with Gasteiger partial charge in [-0.25, -0.2) is 4.79 Å². The summed E-state index contributed by atoms with van der Waals surface area (Å²) in [6, 6.07) is 5.57. The molecule has 0 aliphatic heterocycles. The molecule has 0 N–H and O–H groups in total. The summed E-state index contributed by atoms with van der Waals surface area (Å²) in [7, 11) is 0. The molecule has 1 rings (SSSR count). The molecule has 14 heavy (non-hydrogen) atoms. The lowest BCUT2D eigenvalue weighted by atomic mass is 10.2. The van der Waals surface area contributed by atoms with Crippen LogP contribution in [0, 0.1) is 0 Å². The van der Waals surface area contributed by atoms with Gasteiger partial charge in [-0.1, -0.05) is 6.07 Å². The first-order chi connectivity index (χ1) is 6.74. The molecule has 0 amide bonds. The first kappa shape index (κ1) is 10.4. The number of esters is 1. The van der Waals surface area contributed by atoms with Crippen molar-refractivity contribution in [1.82, 2.24) is 4.98 Å².